The highest BCUT2D eigenvalue weighted by atomic mass is 16.5. The Labute approximate surface area is 159 Å². The first-order valence-corrected chi connectivity index (χ1v) is 9.11. The fourth-order valence-electron chi connectivity index (χ4n) is 3.80. The van der Waals surface area contributed by atoms with Gasteiger partial charge in [0.2, 0.25) is 5.91 Å². The van der Waals surface area contributed by atoms with E-state index in [2.05, 4.69) is 5.32 Å². The van der Waals surface area contributed by atoms with Gasteiger partial charge in [-0.3, -0.25) is 9.59 Å². The second-order valence-corrected chi connectivity index (χ2v) is 7.88. The molecule has 0 unspecified atom stereocenters. The number of para-hydroxylation sites is 1. The molecule has 3 rings (SSSR count). The number of amides is 1. The normalized spacial score (nSPS) is 23.6. The molecule has 0 heterocycles. The number of aliphatic carboxylic acids is 1. The minimum atomic E-state index is -0.900. The van der Waals surface area contributed by atoms with Crippen molar-refractivity contribution < 1.29 is 19.4 Å². The van der Waals surface area contributed by atoms with Gasteiger partial charge in [0.1, 0.15) is 11.5 Å². The Balaban J connectivity index is 1.67. The van der Waals surface area contributed by atoms with E-state index in [0.29, 0.717) is 24.3 Å². The first-order valence-electron chi connectivity index (χ1n) is 9.11. The van der Waals surface area contributed by atoms with Crippen LogP contribution in [-0.4, -0.2) is 17.0 Å². The molecule has 1 aliphatic carbocycles. The number of carboxylic acid groups (broad SMARTS) is 1. The third-order valence-electron chi connectivity index (χ3n) is 6.12. The number of rotatable bonds is 5. The molecule has 1 aliphatic rings. The van der Waals surface area contributed by atoms with Crippen LogP contribution in [0.1, 0.15) is 33.6 Å². The molecular weight excluding hydrogens is 342 g/mol. The Morgan fingerprint density at radius 1 is 1.00 bits per heavy atom. The lowest BCUT2D eigenvalue weighted by Crippen LogP contribution is -2.43. The highest BCUT2D eigenvalue weighted by molar-refractivity contribution is 5.94. The second-order valence-electron chi connectivity index (χ2n) is 7.88. The molecule has 0 spiro atoms. The summed E-state index contributed by atoms with van der Waals surface area (Å²) in [6.07, 6.45) is 1.06. The van der Waals surface area contributed by atoms with Gasteiger partial charge in [-0.1, -0.05) is 32.0 Å². The number of carbonyl (C=O) groups is 2. The number of benzene rings is 2. The van der Waals surface area contributed by atoms with E-state index in [4.69, 9.17) is 4.74 Å². The Morgan fingerprint density at radius 2 is 1.59 bits per heavy atom. The van der Waals surface area contributed by atoms with Crippen molar-refractivity contribution in [3.63, 3.8) is 0 Å². The minimum absolute atomic E-state index is 0.137. The number of hydrogen-bond acceptors (Lipinski definition) is 3. The summed E-state index contributed by atoms with van der Waals surface area (Å²) >= 11 is 0. The van der Waals surface area contributed by atoms with E-state index >= 15 is 0 Å². The quantitative estimate of drug-likeness (QED) is 0.784. The van der Waals surface area contributed by atoms with Gasteiger partial charge in [0.05, 0.1) is 5.41 Å². The molecule has 0 aliphatic heterocycles. The third kappa shape index (κ3) is 3.54. The maximum atomic E-state index is 12.8. The van der Waals surface area contributed by atoms with Crippen LogP contribution in [0, 0.1) is 16.7 Å². The van der Waals surface area contributed by atoms with Gasteiger partial charge in [-0.2, -0.15) is 0 Å². The molecule has 2 aromatic rings. The van der Waals surface area contributed by atoms with Crippen molar-refractivity contribution in [2.45, 2.75) is 33.6 Å². The Hall–Kier alpha value is -2.82. The topological polar surface area (TPSA) is 75.6 Å². The molecule has 2 atom stereocenters. The van der Waals surface area contributed by atoms with Gasteiger partial charge in [-0.15, -0.1) is 0 Å². The van der Waals surface area contributed by atoms with Gasteiger partial charge in [-0.05, 0) is 61.6 Å². The Morgan fingerprint density at radius 3 is 2.15 bits per heavy atom. The van der Waals surface area contributed by atoms with Crippen molar-refractivity contribution in [3.05, 3.63) is 54.6 Å². The number of carboxylic acids is 1. The van der Waals surface area contributed by atoms with Crippen LogP contribution in [0.2, 0.25) is 0 Å². The number of carbonyl (C=O) groups excluding carboxylic acids is 1. The molecule has 2 N–H and O–H groups in total. The summed E-state index contributed by atoms with van der Waals surface area (Å²) in [6.45, 7) is 5.47. The summed E-state index contributed by atoms with van der Waals surface area (Å²) in [5.41, 5.74) is -0.859. The fraction of sp³-hybridized carbons (Fsp3) is 0.364. The van der Waals surface area contributed by atoms with Gasteiger partial charge in [0.15, 0.2) is 0 Å². The van der Waals surface area contributed by atoms with Gasteiger partial charge in [-0.25, -0.2) is 0 Å². The molecule has 0 aromatic heterocycles. The number of anilines is 1. The zero-order valence-corrected chi connectivity index (χ0v) is 15.9. The highest BCUT2D eigenvalue weighted by Crippen LogP contribution is 2.56. The zero-order chi connectivity index (χ0) is 19.7. The largest absolute Gasteiger partial charge is 0.481 e. The standard InChI is InChI=1S/C22H25NO4/c1-21(2)18(13-14-22(21,3)20(25)26)19(24)23-15-9-11-17(12-10-15)27-16-7-5-4-6-8-16/h4-12,18H,13-14H2,1-3H3,(H,23,24)(H,25,26)/t18-,22+/m0/s1. The molecule has 27 heavy (non-hydrogen) atoms. The van der Waals surface area contributed by atoms with Crippen molar-refractivity contribution in [1.29, 1.82) is 0 Å². The van der Waals surface area contributed by atoms with Gasteiger partial charge in [0, 0.05) is 11.6 Å². The Bertz CT molecular complexity index is 829. The van der Waals surface area contributed by atoms with Gasteiger partial charge in [0.25, 0.3) is 0 Å². The molecule has 5 nitrogen and oxygen atoms in total. The molecule has 1 fully saturated rings. The number of hydrogen-bond donors (Lipinski definition) is 2. The summed E-state index contributed by atoms with van der Waals surface area (Å²) in [6, 6.07) is 16.6. The van der Waals surface area contributed by atoms with Crippen LogP contribution in [0.25, 0.3) is 0 Å². The molecule has 1 amide bonds. The molecule has 5 heteroatoms. The summed E-state index contributed by atoms with van der Waals surface area (Å²) < 4.78 is 5.75. The Kier molecular flexibility index (Phi) is 4.96. The van der Waals surface area contributed by atoms with Crippen molar-refractivity contribution in [2.75, 3.05) is 5.32 Å². The van der Waals surface area contributed by atoms with Crippen LogP contribution in [0.4, 0.5) is 5.69 Å². The van der Waals surface area contributed by atoms with Gasteiger partial charge < -0.3 is 15.2 Å². The van der Waals surface area contributed by atoms with E-state index in [0.717, 1.165) is 5.75 Å². The minimum Gasteiger partial charge on any atom is -0.481 e. The maximum Gasteiger partial charge on any atom is 0.309 e. The van der Waals surface area contributed by atoms with E-state index in [-0.39, 0.29) is 11.8 Å². The second kappa shape index (κ2) is 7.06. The summed E-state index contributed by atoms with van der Waals surface area (Å²) in [7, 11) is 0. The maximum absolute atomic E-state index is 12.8. The highest BCUT2D eigenvalue weighted by Gasteiger charge is 2.58. The van der Waals surface area contributed by atoms with Crippen LogP contribution in [-0.2, 0) is 9.59 Å². The lowest BCUT2D eigenvalue weighted by molar-refractivity contribution is -0.154. The molecule has 1 saturated carbocycles. The monoisotopic (exact) mass is 367 g/mol. The van der Waals surface area contributed by atoms with E-state index in [9.17, 15) is 14.7 Å². The van der Waals surface area contributed by atoms with Crippen LogP contribution in [0.15, 0.2) is 54.6 Å². The number of nitrogens with one attached hydrogen (secondary N) is 1. The van der Waals surface area contributed by atoms with E-state index in [1.807, 2.05) is 44.2 Å². The van der Waals surface area contributed by atoms with Crippen LogP contribution in [0.5, 0.6) is 11.5 Å². The smallest absolute Gasteiger partial charge is 0.309 e. The average Bonchev–Trinajstić information content (AvgIpc) is 2.88. The van der Waals surface area contributed by atoms with Crippen molar-refractivity contribution in [3.8, 4) is 11.5 Å². The summed E-state index contributed by atoms with van der Waals surface area (Å²) in [5.74, 6) is 0.0968. The molecular formula is C22H25NO4. The lowest BCUT2D eigenvalue weighted by atomic mass is 9.65. The van der Waals surface area contributed by atoms with E-state index in [1.54, 1.807) is 31.2 Å². The van der Waals surface area contributed by atoms with Gasteiger partial charge >= 0.3 is 5.97 Å². The lowest BCUT2D eigenvalue weighted by Gasteiger charge is -2.37. The summed E-state index contributed by atoms with van der Waals surface area (Å²) in [5, 5.41) is 12.5. The van der Waals surface area contributed by atoms with Crippen molar-refractivity contribution >= 4 is 17.6 Å². The molecule has 142 valence electrons. The van der Waals surface area contributed by atoms with Crippen molar-refractivity contribution in [1.82, 2.24) is 0 Å². The predicted octanol–water partition coefficient (Wildman–Crippen LogP) is 4.94. The first kappa shape index (κ1) is 19.0. The third-order valence-corrected chi connectivity index (χ3v) is 6.12. The molecule has 0 radical (unpaired) electrons. The van der Waals surface area contributed by atoms with Crippen LogP contribution >= 0.6 is 0 Å². The molecule has 0 bridgehead atoms. The zero-order valence-electron chi connectivity index (χ0n) is 15.9. The summed E-state index contributed by atoms with van der Waals surface area (Å²) in [4.78, 5) is 24.5. The molecule has 0 saturated heterocycles. The first-order chi connectivity index (χ1) is 12.7. The van der Waals surface area contributed by atoms with E-state index in [1.165, 1.54) is 0 Å². The number of ether oxygens (including phenoxy) is 1. The predicted molar refractivity (Wildman–Crippen MR) is 104 cm³/mol. The van der Waals surface area contributed by atoms with Crippen LogP contribution < -0.4 is 10.1 Å². The SMILES string of the molecule is CC1(C)[C@H](C(=O)Nc2ccc(Oc3ccccc3)cc2)CC[C@]1(C)C(=O)O. The van der Waals surface area contributed by atoms with Crippen LogP contribution in [0.3, 0.4) is 0 Å². The average molecular weight is 367 g/mol. The molecule has 2 aromatic carbocycles. The fourth-order valence-corrected chi connectivity index (χ4v) is 3.80. The van der Waals surface area contributed by atoms with E-state index < -0.39 is 16.8 Å². The van der Waals surface area contributed by atoms with Crippen molar-refractivity contribution in [2.24, 2.45) is 16.7 Å².